The van der Waals surface area contributed by atoms with Crippen LogP contribution in [0, 0.1) is 11.3 Å². The van der Waals surface area contributed by atoms with E-state index >= 15 is 0 Å². The topological polar surface area (TPSA) is 116 Å². The van der Waals surface area contributed by atoms with Crippen molar-refractivity contribution in [3.8, 4) is 29.1 Å². The van der Waals surface area contributed by atoms with Crippen LogP contribution in [0.5, 0.6) is 23.0 Å². The van der Waals surface area contributed by atoms with Crippen LogP contribution in [0.4, 0.5) is 5.13 Å². The van der Waals surface area contributed by atoms with E-state index in [2.05, 4.69) is 21.3 Å². The van der Waals surface area contributed by atoms with Gasteiger partial charge in [0.25, 0.3) is 5.91 Å². The first-order valence-electron chi connectivity index (χ1n) is 11.0. The van der Waals surface area contributed by atoms with Crippen LogP contribution in [-0.4, -0.2) is 49.0 Å². The van der Waals surface area contributed by atoms with Crippen LogP contribution in [0.25, 0.3) is 6.08 Å². The summed E-state index contributed by atoms with van der Waals surface area (Å²) in [4.78, 5) is 16.7. The lowest BCUT2D eigenvalue weighted by Gasteiger charge is -2.14. The highest BCUT2D eigenvalue weighted by Crippen LogP contribution is 2.30. The van der Waals surface area contributed by atoms with Gasteiger partial charge in [0.05, 0.1) is 14.2 Å². The van der Waals surface area contributed by atoms with Crippen molar-refractivity contribution in [1.29, 1.82) is 5.26 Å². The summed E-state index contributed by atoms with van der Waals surface area (Å²) >= 11 is 2.41. The summed E-state index contributed by atoms with van der Waals surface area (Å²) < 4.78 is 26.6. The Bertz CT molecular complexity index is 1320. The SMILES string of the molecule is C=CCc1ccc(OCCOc2ccc(C=C(C#N)C(=O)Nc3nc(SC)ns3)cc2OC)c(OC)c1. The van der Waals surface area contributed by atoms with Gasteiger partial charge in [0, 0.05) is 11.5 Å². The van der Waals surface area contributed by atoms with Crippen molar-refractivity contribution in [3.63, 3.8) is 0 Å². The Kier molecular flexibility index (Phi) is 10.4. The van der Waals surface area contributed by atoms with Gasteiger partial charge in [-0.25, -0.2) is 0 Å². The number of nitrogens with one attached hydrogen (secondary N) is 1. The highest BCUT2D eigenvalue weighted by Gasteiger charge is 2.14. The van der Waals surface area contributed by atoms with Crippen molar-refractivity contribution in [3.05, 3.63) is 65.8 Å². The number of anilines is 1. The summed E-state index contributed by atoms with van der Waals surface area (Å²) in [6, 6.07) is 12.8. The number of hydrogen-bond donors (Lipinski definition) is 1. The summed E-state index contributed by atoms with van der Waals surface area (Å²) in [6.07, 6.45) is 5.87. The van der Waals surface area contributed by atoms with Crippen molar-refractivity contribution < 1.29 is 23.7 Å². The largest absolute Gasteiger partial charge is 0.493 e. The van der Waals surface area contributed by atoms with Crippen LogP contribution in [0.1, 0.15) is 11.1 Å². The van der Waals surface area contributed by atoms with E-state index in [0.717, 1.165) is 23.5 Å². The molecule has 2 aromatic carbocycles. The minimum Gasteiger partial charge on any atom is -0.493 e. The van der Waals surface area contributed by atoms with Gasteiger partial charge in [-0.05, 0) is 54.1 Å². The summed E-state index contributed by atoms with van der Waals surface area (Å²) in [5.74, 6) is 1.63. The number of benzene rings is 2. The van der Waals surface area contributed by atoms with Gasteiger partial charge >= 0.3 is 0 Å². The highest BCUT2D eigenvalue weighted by molar-refractivity contribution is 7.98. The third-order valence-corrected chi connectivity index (χ3v) is 6.17. The third-order valence-electron chi connectivity index (χ3n) is 4.88. The Labute approximate surface area is 223 Å². The number of methoxy groups -OCH3 is 2. The monoisotopic (exact) mass is 538 g/mol. The first kappa shape index (κ1) is 27.6. The average molecular weight is 539 g/mol. The van der Waals surface area contributed by atoms with E-state index in [-0.39, 0.29) is 18.8 Å². The van der Waals surface area contributed by atoms with E-state index in [0.29, 0.717) is 38.8 Å². The molecular formula is C26H26N4O5S2. The van der Waals surface area contributed by atoms with Gasteiger partial charge < -0.3 is 18.9 Å². The molecule has 0 aliphatic heterocycles. The molecule has 1 amide bonds. The molecule has 0 atom stereocenters. The van der Waals surface area contributed by atoms with Crippen molar-refractivity contribution >= 4 is 40.4 Å². The Balaban J connectivity index is 1.61. The third kappa shape index (κ3) is 7.73. The number of ether oxygens (including phenoxy) is 4. The van der Waals surface area contributed by atoms with Crippen LogP contribution in [0.15, 0.2) is 59.8 Å². The van der Waals surface area contributed by atoms with Gasteiger partial charge in [-0.15, -0.1) is 6.58 Å². The molecule has 0 radical (unpaired) electrons. The molecule has 1 aromatic heterocycles. The second kappa shape index (κ2) is 13.9. The lowest BCUT2D eigenvalue weighted by Crippen LogP contribution is -2.13. The molecule has 37 heavy (non-hydrogen) atoms. The van der Waals surface area contributed by atoms with Gasteiger partial charge in [-0.2, -0.15) is 14.6 Å². The second-order valence-electron chi connectivity index (χ2n) is 7.30. The highest BCUT2D eigenvalue weighted by atomic mass is 32.2. The number of nitriles is 1. The minimum atomic E-state index is -0.573. The molecule has 1 N–H and O–H groups in total. The molecule has 0 spiro atoms. The number of rotatable bonds is 13. The fourth-order valence-electron chi connectivity index (χ4n) is 3.14. The van der Waals surface area contributed by atoms with Crippen LogP contribution >= 0.6 is 23.3 Å². The van der Waals surface area contributed by atoms with Crippen LogP contribution in [0.2, 0.25) is 0 Å². The van der Waals surface area contributed by atoms with E-state index in [9.17, 15) is 10.1 Å². The maximum absolute atomic E-state index is 12.5. The summed E-state index contributed by atoms with van der Waals surface area (Å²) in [5, 5.41) is 13.0. The molecular weight excluding hydrogens is 512 g/mol. The number of carbonyl (C=O) groups is 1. The predicted molar refractivity (Wildman–Crippen MR) is 145 cm³/mol. The molecule has 0 saturated heterocycles. The summed E-state index contributed by atoms with van der Waals surface area (Å²) in [6.45, 7) is 4.29. The van der Waals surface area contributed by atoms with Crippen LogP contribution < -0.4 is 24.3 Å². The lowest BCUT2D eigenvalue weighted by atomic mass is 10.1. The fourth-order valence-corrected chi connectivity index (χ4v) is 4.27. The van der Waals surface area contributed by atoms with Crippen LogP contribution in [0.3, 0.4) is 0 Å². The van der Waals surface area contributed by atoms with Gasteiger partial charge in [0.15, 0.2) is 23.0 Å². The van der Waals surface area contributed by atoms with Gasteiger partial charge in [-0.3, -0.25) is 10.1 Å². The number of thioether (sulfide) groups is 1. The molecule has 0 aliphatic carbocycles. The smallest absolute Gasteiger partial charge is 0.268 e. The molecule has 0 saturated carbocycles. The zero-order chi connectivity index (χ0) is 26.6. The Morgan fingerprint density at radius 1 is 1.11 bits per heavy atom. The summed E-state index contributed by atoms with van der Waals surface area (Å²) in [5.41, 5.74) is 1.59. The van der Waals surface area contributed by atoms with E-state index < -0.39 is 5.91 Å². The molecule has 3 aromatic rings. The molecule has 9 nitrogen and oxygen atoms in total. The van der Waals surface area contributed by atoms with Crippen LogP contribution in [-0.2, 0) is 11.2 Å². The Morgan fingerprint density at radius 3 is 2.38 bits per heavy atom. The maximum atomic E-state index is 12.5. The molecule has 1 heterocycles. The van der Waals surface area contributed by atoms with Crippen molar-refractivity contribution in [1.82, 2.24) is 9.36 Å². The number of carbonyl (C=O) groups excluding carboxylic acids is 1. The van der Waals surface area contributed by atoms with Gasteiger partial charge in [0.1, 0.15) is 24.9 Å². The standard InChI is InChI=1S/C26H26N4O5S2/c1-5-6-17-7-9-20(22(14-17)32-2)34-11-12-35-21-10-8-18(15-23(21)33-3)13-19(16-27)24(31)28-25-29-26(36-4)30-37-25/h5,7-10,13-15H,1,6,11-12H2,2-4H3,(H,28,29,30,31). The van der Waals surface area contributed by atoms with E-state index in [1.807, 2.05) is 36.6 Å². The number of nitrogens with zero attached hydrogens (tertiary/aromatic N) is 3. The first-order valence-corrected chi connectivity index (χ1v) is 13.0. The zero-order valence-electron chi connectivity index (χ0n) is 20.6. The van der Waals surface area contributed by atoms with E-state index in [1.165, 1.54) is 24.9 Å². The van der Waals surface area contributed by atoms with E-state index in [1.54, 1.807) is 25.3 Å². The first-order chi connectivity index (χ1) is 18.0. The van der Waals surface area contributed by atoms with E-state index in [4.69, 9.17) is 18.9 Å². The van der Waals surface area contributed by atoms with Crippen molar-refractivity contribution in [2.75, 3.05) is 39.0 Å². The minimum absolute atomic E-state index is 0.0851. The zero-order valence-corrected chi connectivity index (χ0v) is 22.3. The molecule has 11 heteroatoms. The maximum Gasteiger partial charge on any atom is 0.268 e. The van der Waals surface area contributed by atoms with Crippen molar-refractivity contribution in [2.24, 2.45) is 0 Å². The normalized spacial score (nSPS) is 10.8. The number of hydrogen-bond acceptors (Lipinski definition) is 10. The molecule has 0 fully saturated rings. The average Bonchev–Trinajstić information content (AvgIpc) is 3.38. The number of aromatic nitrogens is 2. The predicted octanol–water partition coefficient (Wildman–Crippen LogP) is 5.01. The Hall–Kier alpha value is -4.01. The summed E-state index contributed by atoms with van der Waals surface area (Å²) in [7, 11) is 3.11. The van der Waals surface area contributed by atoms with Gasteiger partial charge in [0.2, 0.25) is 10.3 Å². The molecule has 0 bridgehead atoms. The molecule has 192 valence electrons. The second-order valence-corrected chi connectivity index (χ2v) is 8.82. The molecule has 0 unspecified atom stereocenters. The fraction of sp³-hybridized carbons (Fsp3) is 0.231. The number of allylic oxidation sites excluding steroid dienone is 1. The molecule has 0 aliphatic rings. The Morgan fingerprint density at radius 2 is 1.78 bits per heavy atom. The quantitative estimate of drug-likeness (QED) is 0.105. The van der Waals surface area contributed by atoms with Gasteiger partial charge in [-0.1, -0.05) is 30.0 Å². The molecule has 3 rings (SSSR count). The van der Waals surface area contributed by atoms with Crippen molar-refractivity contribution in [2.45, 2.75) is 11.6 Å². The number of amides is 1. The lowest BCUT2D eigenvalue weighted by molar-refractivity contribution is -0.112.